The number of anilines is 1. The molecule has 7 nitrogen and oxygen atoms in total. The summed E-state index contributed by atoms with van der Waals surface area (Å²) in [6, 6.07) is 6.50. The van der Waals surface area contributed by atoms with Crippen molar-refractivity contribution < 1.29 is 9.53 Å². The molecule has 0 spiro atoms. The van der Waals surface area contributed by atoms with Gasteiger partial charge in [-0.25, -0.2) is 19.7 Å². The fourth-order valence-electron chi connectivity index (χ4n) is 4.15. The van der Waals surface area contributed by atoms with E-state index in [0.29, 0.717) is 17.4 Å². The summed E-state index contributed by atoms with van der Waals surface area (Å²) in [6.07, 6.45) is 10.2. The van der Waals surface area contributed by atoms with Crippen LogP contribution in [0, 0.1) is 0 Å². The number of ether oxygens (including phenoxy) is 1. The molecule has 3 heterocycles. The lowest BCUT2D eigenvalue weighted by Gasteiger charge is -2.43. The summed E-state index contributed by atoms with van der Waals surface area (Å²) >= 11 is 1.73. The number of hydrogen-bond donors (Lipinski definition) is 1. The highest BCUT2D eigenvalue weighted by atomic mass is 32.1. The van der Waals surface area contributed by atoms with Crippen molar-refractivity contribution in [3.8, 4) is 5.75 Å². The normalized spacial score (nSPS) is 22.2. The molecule has 1 saturated heterocycles. The van der Waals surface area contributed by atoms with Gasteiger partial charge in [-0.05, 0) is 57.0 Å². The third-order valence-electron chi connectivity index (χ3n) is 5.77. The van der Waals surface area contributed by atoms with Crippen molar-refractivity contribution in [1.29, 1.82) is 0 Å². The van der Waals surface area contributed by atoms with Crippen LogP contribution in [0.3, 0.4) is 0 Å². The van der Waals surface area contributed by atoms with Crippen LogP contribution in [0.4, 0.5) is 10.5 Å². The predicted molar refractivity (Wildman–Crippen MR) is 112 cm³/mol. The molecular formula is C21H23N5O2S. The quantitative estimate of drug-likeness (QED) is 0.687. The van der Waals surface area contributed by atoms with Gasteiger partial charge in [-0.2, -0.15) is 0 Å². The van der Waals surface area contributed by atoms with Crippen LogP contribution >= 0.6 is 11.3 Å². The number of nitrogens with one attached hydrogen (secondary N) is 1. The smallest absolute Gasteiger partial charge is 0.407 e. The van der Waals surface area contributed by atoms with Crippen molar-refractivity contribution in [1.82, 2.24) is 19.9 Å². The van der Waals surface area contributed by atoms with E-state index in [9.17, 15) is 4.79 Å². The molecule has 0 atom stereocenters. The zero-order valence-corrected chi connectivity index (χ0v) is 16.9. The van der Waals surface area contributed by atoms with Gasteiger partial charge >= 0.3 is 6.09 Å². The van der Waals surface area contributed by atoms with Crippen molar-refractivity contribution >= 4 is 33.3 Å². The van der Waals surface area contributed by atoms with Crippen LogP contribution in [0.2, 0.25) is 0 Å². The summed E-state index contributed by atoms with van der Waals surface area (Å²) in [7, 11) is 0. The maximum absolute atomic E-state index is 12.1. The number of nitrogens with zero attached hydrogens (tertiary/aromatic N) is 4. The van der Waals surface area contributed by atoms with Crippen molar-refractivity contribution in [3.05, 3.63) is 41.9 Å². The number of benzene rings is 1. The fraction of sp³-hybridized carbons (Fsp3) is 0.429. The number of amides is 1. The monoisotopic (exact) mass is 409 g/mol. The van der Waals surface area contributed by atoms with Crippen molar-refractivity contribution in [3.63, 3.8) is 0 Å². The van der Waals surface area contributed by atoms with E-state index in [1.807, 2.05) is 18.2 Å². The van der Waals surface area contributed by atoms with Gasteiger partial charge in [0.1, 0.15) is 6.33 Å². The SMILES string of the molecule is O=C(Nc1ccc2nc(C3CC(N4CCCCC4)C3)sc2c1)Oc1cncnc1. The molecule has 1 saturated carbocycles. The lowest BCUT2D eigenvalue weighted by molar-refractivity contribution is 0.0888. The lowest BCUT2D eigenvalue weighted by atomic mass is 9.79. The molecule has 2 fully saturated rings. The number of carbonyl (C=O) groups is 1. The standard InChI is InChI=1S/C21H23N5O2S/c27-21(28-17-11-22-13-23-12-17)24-15-4-5-18-19(10-15)29-20(25-18)14-8-16(9-14)26-6-2-1-3-7-26/h4-5,10-14,16H,1-3,6-9H2,(H,24,27). The van der Waals surface area contributed by atoms with Gasteiger partial charge in [-0.3, -0.25) is 5.32 Å². The largest absolute Gasteiger partial charge is 0.417 e. The molecule has 1 N–H and O–H groups in total. The van der Waals surface area contributed by atoms with Crippen LogP contribution in [0.5, 0.6) is 5.75 Å². The first kappa shape index (κ1) is 18.4. The first-order valence-corrected chi connectivity index (χ1v) is 10.9. The summed E-state index contributed by atoms with van der Waals surface area (Å²) in [5.74, 6) is 0.873. The summed E-state index contributed by atoms with van der Waals surface area (Å²) in [5.41, 5.74) is 1.68. The average Bonchev–Trinajstić information content (AvgIpc) is 3.11. The van der Waals surface area contributed by atoms with E-state index in [2.05, 4.69) is 20.2 Å². The molecule has 5 rings (SSSR count). The first-order chi connectivity index (χ1) is 14.2. The minimum absolute atomic E-state index is 0.305. The molecule has 8 heteroatoms. The Kier molecular flexibility index (Phi) is 5.12. The maximum atomic E-state index is 12.1. The van der Waals surface area contributed by atoms with Crippen LogP contribution in [0.25, 0.3) is 10.2 Å². The Morgan fingerprint density at radius 3 is 2.72 bits per heavy atom. The fourth-order valence-corrected chi connectivity index (χ4v) is 5.29. The lowest BCUT2D eigenvalue weighted by Crippen LogP contribution is -2.46. The highest BCUT2D eigenvalue weighted by Gasteiger charge is 2.36. The topological polar surface area (TPSA) is 80.2 Å². The Hall–Kier alpha value is -2.58. The number of carbonyl (C=O) groups excluding carboxylic acids is 1. The molecule has 1 amide bonds. The van der Waals surface area contributed by atoms with Crippen molar-refractivity contribution in [2.24, 2.45) is 0 Å². The van der Waals surface area contributed by atoms with Gasteiger partial charge in [0.2, 0.25) is 0 Å². The van der Waals surface area contributed by atoms with E-state index >= 15 is 0 Å². The molecule has 0 bridgehead atoms. The molecule has 150 valence electrons. The van der Waals surface area contributed by atoms with Gasteiger partial charge in [0.15, 0.2) is 5.75 Å². The molecule has 1 aliphatic carbocycles. The molecular weight excluding hydrogens is 386 g/mol. The van der Waals surface area contributed by atoms with Crippen LogP contribution in [-0.4, -0.2) is 45.1 Å². The van der Waals surface area contributed by atoms with E-state index in [1.165, 1.54) is 68.9 Å². The molecule has 0 radical (unpaired) electrons. The number of fused-ring (bicyclic) bond motifs is 1. The Morgan fingerprint density at radius 1 is 1.14 bits per heavy atom. The Morgan fingerprint density at radius 2 is 1.93 bits per heavy atom. The van der Waals surface area contributed by atoms with Gasteiger partial charge in [0, 0.05) is 17.6 Å². The third-order valence-corrected chi connectivity index (χ3v) is 6.95. The van der Waals surface area contributed by atoms with Gasteiger partial charge in [0.25, 0.3) is 0 Å². The van der Waals surface area contributed by atoms with Crippen molar-refractivity contribution in [2.75, 3.05) is 18.4 Å². The second-order valence-electron chi connectivity index (χ2n) is 7.74. The zero-order chi connectivity index (χ0) is 19.6. The van der Waals surface area contributed by atoms with E-state index in [-0.39, 0.29) is 0 Å². The summed E-state index contributed by atoms with van der Waals surface area (Å²) in [4.78, 5) is 27.2. The number of hydrogen-bond acceptors (Lipinski definition) is 7. The van der Waals surface area contributed by atoms with Gasteiger partial charge in [-0.1, -0.05) is 6.42 Å². The first-order valence-electron chi connectivity index (χ1n) is 10.1. The molecule has 0 unspecified atom stereocenters. The van der Waals surface area contributed by atoms with E-state index in [0.717, 1.165) is 16.3 Å². The molecule has 3 aromatic rings. The van der Waals surface area contributed by atoms with E-state index in [4.69, 9.17) is 9.72 Å². The average molecular weight is 410 g/mol. The number of piperidine rings is 1. The van der Waals surface area contributed by atoms with Crippen molar-refractivity contribution in [2.45, 2.75) is 44.1 Å². The summed E-state index contributed by atoms with van der Waals surface area (Å²) in [5, 5.41) is 3.97. The minimum Gasteiger partial charge on any atom is -0.407 e. The van der Waals surface area contributed by atoms with E-state index < -0.39 is 6.09 Å². The summed E-state index contributed by atoms with van der Waals surface area (Å²) in [6.45, 7) is 2.52. The Bertz CT molecular complexity index is 997. The molecule has 1 aromatic carbocycles. The zero-order valence-electron chi connectivity index (χ0n) is 16.1. The predicted octanol–water partition coefficient (Wildman–Crippen LogP) is 4.43. The summed E-state index contributed by atoms with van der Waals surface area (Å²) < 4.78 is 6.26. The highest BCUT2D eigenvalue weighted by Crippen LogP contribution is 2.43. The number of likely N-dealkylation sites (tertiary alicyclic amines) is 1. The molecule has 2 aliphatic rings. The maximum Gasteiger partial charge on any atom is 0.417 e. The van der Waals surface area contributed by atoms with Crippen LogP contribution < -0.4 is 10.1 Å². The van der Waals surface area contributed by atoms with Crippen LogP contribution in [0.15, 0.2) is 36.9 Å². The number of thiazole rings is 1. The van der Waals surface area contributed by atoms with E-state index in [1.54, 1.807) is 11.3 Å². The molecule has 1 aliphatic heterocycles. The highest BCUT2D eigenvalue weighted by molar-refractivity contribution is 7.18. The number of aromatic nitrogens is 3. The van der Waals surface area contributed by atoms with Crippen LogP contribution in [0.1, 0.15) is 43.0 Å². The van der Waals surface area contributed by atoms with Crippen LogP contribution in [-0.2, 0) is 0 Å². The molecule has 29 heavy (non-hydrogen) atoms. The Labute approximate surface area is 173 Å². The Balaban J connectivity index is 1.22. The third kappa shape index (κ3) is 4.09. The van der Waals surface area contributed by atoms with Gasteiger partial charge < -0.3 is 9.64 Å². The number of rotatable bonds is 4. The second-order valence-corrected chi connectivity index (χ2v) is 8.80. The minimum atomic E-state index is -0.563. The van der Waals surface area contributed by atoms with Gasteiger partial charge in [-0.15, -0.1) is 11.3 Å². The second kappa shape index (κ2) is 8.04. The van der Waals surface area contributed by atoms with Gasteiger partial charge in [0.05, 0.1) is 27.6 Å². The molecule has 2 aromatic heterocycles.